The molecule has 1 saturated carbocycles. The van der Waals surface area contributed by atoms with Crippen LogP contribution in [0.1, 0.15) is 44.9 Å². The van der Waals surface area contributed by atoms with Crippen molar-refractivity contribution in [1.29, 1.82) is 0 Å². The number of nitrogens with one attached hydrogen (secondary N) is 1. The van der Waals surface area contributed by atoms with Crippen LogP contribution in [0.5, 0.6) is 0 Å². The van der Waals surface area contributed by atoms with Crippen molar-refractivity contribution in [2.24, 2.45) is 0 Å². The van der Waals surface area contributed by atoms with Crippen LogP contribution < -0.4 is 5.32 Å². The third kappa shape index (κ3) is 3.23. The van der Waals surface area contributed by atoms with Crippen LogP contribution in [0.3, 0.4) is 0 Å². The molecule has 4 heteroatoms. The fourth-order valence-electron chi connectivity index (χ4n) is 3.09. The molecule has 0 aromatic rings. The molecule has 0 bridgehead atoms. The van der Waals surface area contributed by atoms with Crippen LogP contribution in [-0.4, -0.2) is 49.7 Å². The van der Waals surface area contributed by atoms with E-state index in [1.54, 1.807) is 0 Å². The van der Waals surface area contributed by atoms with E-state index in [-0.39, 0.29) is 12.0 Å². The van der Waals surface area contributed by atoms with Gasteiger partial charge in [-0.1, -0.05) is 0 Å². The van der Waals surface area contributed by atoms with E-state index >= 15 is 0 Å². The van der Waals surface area contributed by atoms with Gasteiger partial charge in [0.1, 0.15) is 6.10 Å². The van der Waals surface area contributed by atoms with Crippen LogP contribution in [0.15, 0.2) is 0 Å². The number of nitrogens with zero attached hydrogens (tertiary/aromatic N) is 1. The molecular weight excluding hydrogens is 228 g/mol. The Morgan fingerprint density at radius 1 is 1.17 bits per heavy atom. The minimum Gasteiger partial charge on any atom is -0.368 e. The van der Waals surface area contributed by atoms with Gasteiger partial charge in [0.25, 0.3) is 5.91 Å². The highest BCUT2D eigenvalue weighted by Crippen LogP contribution is 2.24. The number of ether oxygens (including phenoxy) is 1. The normalized spacial score (nSPS) is 33.1. The first kappa shape index (κ1) is 13.8. The Morgan fingerprint density at radius 2 is 1.89 bits per heavy atom. The summed E-state index contributed by atoms with van der Waals surface area (Å²) in [6.45, 7) is 0.747. The van der Waals surface area contributed by atoms with Gasteiger partial charge in [0.15, 0.2) is 0 Å². The Hall–Kier alpha value is -0.610. The van der Waals surface area contributed by atoms with E-state index in [9.17, 15) is 4.79 Å². The molecule has 2 rings (SSSR count). The minimum absolute atomic E-state index is 0.175. The predicted molar refractivity (Wildman–Crippen MR) is 71.5 cm³/mol. The highest BCUT2D eigenvalue weighted by atomic mass is 16.5. The zero-order valence-corrected chi connectivity index (χ0v) is 11.7. The van der Waals surface area contributed by atoms with Gasteiger partial charge in [0.2, 0.25) is 0 Å². The molecule has 1 aliphatic carbocycles. The summed E-state index contributed by atoms with van der Waals surface area (Å²) < 4.78 is 5.59. The van der Waals surface area contributed by atoms with Crippen molar-refractivity contribution in [3.05, 3.63) is 0 Å². The zero-order chi connectivity index (χ0) is 13.0. The summed E-state index contributed by atoms with van der Waals surface area (Å²) in [7, 11) is 3.97. The summed E-state index contributed by atoms with van der Waals surface area (Å²) in [5.41, 5.74) is 0. The first-order chi connectivity index (χ1) is 8.72. The molecule has 1 amide bonds. The summed E-state index contributed by atoms with van der Waals surface area (Å²) in [6, 6.07) is 1.04. The summed E-state index contributed by atoms with van der Waals surface area (Å²) >= 11 is 0. The van der Waals surface area contributed by atoms with E-state index < -0.39 is 0 Å². The van der Waals surface area contributed by atoms with Crippen LogP contribution in [0.4, 0.5) is 0 Å². The molecule has 2 aliphatic rings. The maximum Gasteiger partial charge on any atom is 0.251 e. The molecule has 4 nitrogen and oxygen atoms in total. The number of hydrogen-bond donors (Lipinski definition) is 1. The van der Waals surface area contributed by atoms with E-state index in [0.717, 1.165) is 38.7 Å². The van der Waals surface area contributed by atoms with Crippen LogP contribution >= 0.6 is 0 Å². The highest BCUT2D eigenvalue weighted by molar-refractivity contribution is 5.81. The topological polar surface area (TPSA) is 41.6 Å². The van der Waals surface area contributed by atoms with Crippen LogP contribution in [-0.2, 0) is 9.53 Å². The standard InChI is InChI=1S/C14H26N2O2/c1-15-11-6-8-12(9-7-11)16(2)14(17)13-5-3-4-10-18-13/h11-13,15H,3-10H2,1-2H3. The van der Waals surface area contributed by atoms with E-state index in [1.807, 2.05) is 19.0 Å². The second-order valence-corrected chi connectivity index (χ2v) is 5.60. The Kier molecular flexibility index (Phi) is 5.01. The predicted octanol–water partition coefficient (Wildman–Crippen LogP) is 1.54. The molecule has 1 heterocycles. The molecule has 0 radical (unpaired) electrons. The van der Waals surface area contributed by atoms with Gasteiger partial charge < -0.3 is 15.0 Å². The van der Waals surface area contributed by atoms with Gasteiger partial charge in [-0.15, -0.1) is 0 Å². The number of carbonyl (C=O) groups excluding carboxylic acids is 1. The lowest BCUT2D eigenvalue weighted by Gasteiger charge is -2.36. The summed E-state index contributed by atoms with van der Waals surface area (Å²) in [5, 5.41) is 3.33. The van der Waals surface area contributed by atoms with Gasteiger partial charge >= 0.3 is 0 Å². The van der Waals surface area contributed by atoms with Crippen molar-refractivity contribution in [3.8, 4) is 0 Å². The molecule has 0 aromatic heterocycles. The fraction of sp³-hybridized carbons (Fsp3) is 0.929. The molecule has 104 valence electrons. The van der Waals surface area contributed by atoms with E-state index in [1.165, 1.54) is 12.8 Å². The first-order valence-electron chi connectivity index (χ1n) is 7.28. The lowest BCUT2D eigenvalue weighted by Crippen LogP contribution is -2.47. The molecule has 1 aliphatic heterocycles. The van der Waals surface area contributed by atoms with Crippen LogP contribution in [0.2, 0.25) is 0 Å². The second-order valence-electron chi connectivity index (χ2n) is 5.60. The Labute approximate surface area is 110 Å². The van der Waals surface area contributed by atoms with E-state index in [0.29, 0.717) is 12.1 Å². The molecule has 2 fully saturated rings. The lowest BCUT2D eigenvalue weighted by atomic mass is 9.90. The largest absolute Gasteiger partial charge is 0.368 e. The highest BCUT2D eigenvalue weighted by Gasteiger charge is 2.31. The third-order valence-corrected chi connectivity index (χ3v) is 4.46. The maximum absolute atomic E-state index is 12.3. The van der Waals surface area contributed by atoms with Crippen molar-refractivity contribution in [1.82, 2.24) is 10.2 Å². The minimum atomic E-state index is -0.175. The van der Waals surface area contributed by atoms with Gasteiger partial charge in [0.05, 0.1) is 0 Å². The van der Waals surface area contributed by atoms with Gasteiger partial charge in [-0.2, -0.15) is 0 Å². The van der Waals surface area contributed by atoms with Gasteiger partial charge in [0, 0.05) is 25.7 Å². The third-order valence-electron chi connectivity index (χ3n) is 4.46. The quantitative estimate of drug-likeness (QED) is 0.831. The smallest absolute Gasteiger partial charge is 0.251 e. The number of carbonyl (C=O) groups is 1. The molecular formula is C14H26N2O2. The summed E-state index contributed by atoms with van der Waals surface area (Å²) in [4.78, 5) is 14.3. The van der Waals surface area contributed by atoms with Crippen molar-refractivity contribution in [2.45, 2.75) is 63.1 Å². The Bertz CT molecular complexity index is 269. The summed E-state index contributed by atoms with van der Waals surface area (Å²) in [6.07, 6.45) is 7.51. The monoisotopic (exact) mass is 254 g/mol. The molecule has 1 unspecified atom stereocenters. The Balaban J connectivity index is 1.83. The number of amides is 1. The molecule has 18 heavy (non-hydrogen) atoms. The molecule has 1 N–H and O–H groups in total. The van der Waals surface area contributed by atoms with E-state index in [2.05, 4.69) is 5.32 Å². The summed E-state index contributed by atoms with van der Waals surface area (Å²) in [5.74, 6) is 0.197. The average molecular weight is 254 g/mol. The van der Waals surface area contributed by atoms with Gasteiger partial charge in [-0.3, -0.25) is 4.79 Å². The fourth-order valence-corrected chi connectivity index (χ4v) is 3.09. The number of hydrogen-bond acceptors (Lipinski definition) is 3. The molecule has 1 atom stereocenters. The average Bonchev–Trinajstić information content (AvgIpc) is 2.47. The van der Waals surface area contributed by atoms with Crippen molar-refractivity contribution in [3.63, 3.8) is 0 Å². The Morgan fingerprint density at radius 3 is 2.44 bits per heavy atom. The maximum atomic E-state index is 12.3. The molecule has 0 aromatic carbocycles. The van der Waals surface area contributed by atoms with Crippen LogP contribution in [0.25, 0.3) is 0 Å². The zero-order valence-electron chi connectivity index (χ0n) is 11.7. The van der Waals surface area contributed by atoms with Crippen molar-refractivity contribution in [2.75, 3.05) is 20.7 Å². The van der Waals surface area contributed by atoms with Crippen LogP contribution in [0, 0.1) is 0 Å². The molecule has 0 spiro atoms. The molecule has 1 saturated heterocycles. The number of rotatable bonds is 3. The van der Waals surface area contributed by atoms with E-state index in [4.69, 9.17) is 4.74 Å². The van der Waals surface area contributed by atoms with Crippen molar-refractivity contribution < 1.29 is 9.53 Å². The van der Waals surface area contributed by atoms with Gasteiger partial charge in [-0.05, 0) is 52.0 Å². The first-order valence-corrected chi connectivity index (χ1v) is 7.28. The lowest BCUT2D eigenvalue weighted by molar-refractivity contribution is -0.148. The number of likely N-dealkylation sites (N-methyl/N-ethyl adjacent to an activating group) is 1. The van der Waals surface area contributed by atoms with Gasteiger partial charge in [-0.25, -0.2) is 0 Å². The second kappa shape index (κ2) is 6.53. The SMILES string of the molecule is CNC1CCC(N(C)C(=O)C2CCCCO2)CC1. The van der Waals surface area contributed by atoms with Crippen molar-refractivity contribution >= 4 is 5.91 Å².